The van der Waals surface area contributed by atoms with E-state index in [4.69, 9.17) is 10.5 Å². The Balaban J connectivity index is 0.00000243. The zero-order chi connectivity index (χ0) is 18.0. The second-order valence-corrected chi connectivity index (χ2v) is 7.14. The van der Waals surface area contributed by atoms with Crippen LogP contribution in [0, 0.1) is 0 Å². The highest BCUT2D eigenvalue weighted by molar-refractivity contribution is 7.20. The van der Waals surface area contributed by atoms with Crippen molar-refractivity contribution in [2.75, 3.05) is 18.5 Å². The highest BCUT2D eigenvalue weighted by Gasteiger charge is 2.18. The number of rotatable bonds is 6. The molecule has 1 aromatic carbocycles. The first-order chi connectivity index (χ1) is 12.0. The molecule has 140 valence electrons. The van der Waals surface area contributed by atoms with E-state index < -0.39 is 0 Å². The molecule has 0 fully saturated rings. The first-order valence-corrected chi connectivity index (χ1v) is 9.02. The third kappa shape index (κ3) is 4.17. The lowest BCUT2D eigenvalue weighted by molar-refractivity contribution is 0.103. The summed E-state index contributed by atoms with van der Waals surface area (Å²) in [4.78, 5) is 14.2. The molecule has 0 atom stereocenters. The minimum absolute atomic E-state index is 0. The van der Waals surface area contributed by atoms with Crippen molar-refractivity contribution >= 4 is 45.6 Å². The van der Waals surface area contributed by atoms with Gasteiger partial charge in [0.2, 0.25) is 0 Å². The summed E-state index contributed by atoms with van der Waals surface area (Å²) in [6.07, 6.45) is 0. The van der Waals surface area contributed by atoms with Crippen molar-refractivity contribution in [3.05, 3.63) is 40.9 Å². The van der Waals surface area contributed by atoms with Crippen molar-refractivity contribution in [2.45, 2.75) is 19.8 Å². The van der Waals surface area contributed by atoms with Gasteiger partial charge in [-0.05, 0) is 36.2 Å². The zero-order valence-electron chi connectivity index (χ0n) is 15.0. The number of nitrogens with two attached hydrogens (primary N) is 1. The van der Waals surface area contributed by atoms with Crippen molar-refractivity contribution in [1.29, 1.82) is 0 Å². The standard InChI is InChI=1S/C18H22N4O2S.ClH/c1-11(2)16-14-10-15(25-18(14)22(3)21-16)17(23)20-12-4-6-13(7-5-12)24-9-8-19;/h4-7,10-11H,8-9,19H2,1-3H3,(H,20,23);1H. The van der Waals surface area contributed by atoms with Crippen LogP contribution in [0.2, 0.25) is 0 Å². The van der Waals surface area contributed by atoms with Crippen LogP contribution >= 0.6 is 23.7 Å². The zero-order valence-corrected chi connectivity index (χ0v) is 16.6. The fourth-order valence-corrected chi connectivity index (χ4v) is 3.58. The minimum atomic E-state index is -0.119. The number of anilines is 1. The molecule has 0 radical (unpaired) electrons. The highest BCUT2D eigenvalue weighted by atomic mass is 35.5. The summed E-state index contributed by atoms with van der Waals surface area (Å²) in [5.41, 5.74) is 7.16. The largest absolute Gasteiger partial charge is 0.492 e. The van der Waals surface area contributed by atoms with Gasteiger partial charge in [0, 0.05) is 24.7 Å². The van der Waals surface area contributed by atoms with Crippen LogP contribution in [0.25, 0.3) is 10.2 Å². The van der Waals surface area contributed by atoms with Crippen molar-refractivity contribution in [1.82, 2.24) is 9.78 Å². The second kappa shape index (κ2) is 8.53. The Kier molecular flexibility index (Phi) is 6.63. The Labute approximate surface area is 162 Å². The Morgan fingerprint density at radius 1 is 1.35 bits per heavy atom. The summed E-state index contributed by atoms with van der Waals surface area (Å²) >= 11 is 1.45. The molecular formula is C18H23ClN4O2S. The number of aromatic nitrogens is 2. The van der Waals surface area contributed by atoms with Crippen LogP contribution in [0.3, 0.4) is 0 Å². The van der Waals surface area contributed by atoms with Crippen LogP contribution in [-0.4, -0.2) is 28.8 Å². The predicted octanol–water partition coefficient (Wildman–Crippen LogP) is 3.77. The SMILES string of the molecule is CC(C)c1nn(C)c2sc(C(=O)Nc3ccc(OCCN)cc3)cc12.Cl. The molecule has 26 heavy (non-hydrogen) atoms. The molecule has 0 saturated carbocycles. The molecule has 0 aliphatic rings. The third-order valence-electron chi connectivity index (χ3n) is 3.81. The molecule has 0 unspecified atom stereocenters. The van der Waals surface area contributed by atoms with E-state index in [1.807, 2.05) is 42.1 Å². The molecule has 6 nitrogen and oxygen atoms in total. The number of nitrogens with zero attached hydrogens (tertiary/aromatic N) is 2. The maximum absolute atomic E-state index is 12.6. The number of amides is 1. The average molecular weight is 395 g/mol. The molecule has 0 aliphatic carbocycles. The Hall–Kier alpha value is -2.09. The van der Waals surface area contributed by atoms with Crippen LogP contribution in [0.5, 0.6) is 5.75 Å². The van der Waals surface area contributed by atoms with Gasteiger partial charge in [-0.2, -0.15) is 5.10 Å². The average Bonchev–Trinajstić information content (AvgIpc) is 3.15. The predicted molar refractivity (Wildman–Crippen MR) is 109 cm³/mol. The van der Waals surface area contributed by atoms with Crippen LogP contribution in [0.4, 0.5) is 5.69 Å². The van der Waals surface area contributed by atoms with Gasteiger partial charge in [0.25, 0.3) is 5.91 Å². The topological polar surface area (TPSA) is 82.2 Å². The second-order valence-electron chi connectivity index (χ2n) is 6.11. The number of nitrogens with one attached hydrogen (secondary N) is 1. The molecule has 0 spiro atoms. The highest BCUT2D eigenvalue weighted by Crippen LogP contribution is 2.32. The number of hydrogen-bond donors (Lipinski definition) is 2. The lowest BCUT2D eigenvalue weighted by atomic mass is 10.1. The molecule has 3 N–H and O–H groups in total. The van der Waals surface area contributed by atoms with Gasteiger partial charge < -0.3 is 15.8 Å². The number of fused-ring (bicyclic) bond motifs is 1. The van der Waals surface area contributed by atoms with Gasteiger partial charge in [0.05, 0.1) is 10.6 Å². The lowest BCUT2D eigenvalue weighted by Gasteiger charge is -2.07. The van der Waals surface area contributed by atoms with Gasteiger partial charge in [-0.25, -0.2) is 0 Å². The van der Waals surface area contributed by atoms with E-state index in [9.17, 15) is 4.79 Å². The van der Waals surface area contributed by atoms with Gasteiger partial charge in [0.15, 0.2) is 0 Å². The molecule has 0 aliphatic heterocycles. The lowest BCUT2D eigenvalue weighted by Crippen LogP contribution is -2.11. The Morgan fingerprint density at radius 3 is 2.65 bits per heavy atom. The van der Waals surface area contributed by atoms with Crippen LogP contribution in [0.15, 0.2) is 30.3 Å². The van der Waals surface area contributed by atoms with Crippen LogP contribution < -0.4 is 15.8 Å². The summed E-state index contributed by atoms with van der Waals surface area (Å²) in [5.74, 6) is 0.930. The smallest absolute Gasteiger partial charge is 0.265 e. The first-order valence-electron chi connectivity index (χ1n) is 8.20. The number of halogens is 1. The van der Waals surface area contributed by atoms with Crippen molar-refractivity contribution in [3.63, 3.8) is 0 Å². The fraction of sp³-hybridized carbons (Fsp3) is 0.333. The van der Waals surface area contributed by atoms with Gasteiger partial charge in [-0.3, -0.25) is 9.48 Å². The van der Waals surface area contributed by atoms with Crippen molar-refractivity contribution in [3.8, 4) is 5.75 Å². The van der Waals surface area contributed by atoms with E-state index in [0.717, 1.165) is 27.3 Å². The molecule has 1 amide bonds. The summed E-state index contributed by atoms with van der Waals surface area (Å²) in [7, 11) is 1.91. The number of carbonyl (C=O) groups excluding carboxylic acids is 1. The van der Waals surface area contributed by atoms with E-state index in [2.05, 4.69) is 24.3 Å². The van der Waals surface area contributed by atoms with Gasteiger partial charge >= 0.3 is 0 Å². The molecular weight excluding hydrogens is 372 g/mol. The number of benzene rings is 1. The van der Waals surface area contributed by atoms with Gasteiger partial charge in [0.1, 0.15) is 17.2 Å². The van der Waals surface area contributed by atoms with Crippen molar-refractivity contribution < 1.29 is 9.53 Å². The Morgan fingerprint density at radius 2 is 2.04 bits per heavy atom. The molecule has 0 saturated heterocycles. The van der Waals surface area contributed by atoms with Crippen molar-refractivity contribution in [2.24, 2.45) is 12.8 Å². The third-order valence-corrected chi connectivity index (χ3v) is 5.01. The summed E-state index contributed by atoms with van der Waals surface area (Å²) < 4.78 is 7.28. The molecule has 2 aromatic heterocycles. The number of aryl methyl sites for hydroxylation is 1. The van der Waals surface area contributed by atoms with Crippen LogP contribution in [-0.2, 0) is 7.05 Å². The summed E-state index contributed by atoms with van der Waals surface area (Å²) in [6.45, 7) is 5.15. The van der Waals surface area contributed by atoms with Gasteiger partial charge in [-0.1, -0.05) is 13.8 Å². The molecule has 3 aromatic rings. The summed E-state index contributed by atoms with van der Waals surface area (Å²) in [5, 5.41) is 8.52. The monoisotopic (exact) mass is 394 g/mol. The molecule has 2 heterocycles. The number of ether oxygens (including phenoxy) is 1. The molecule has 0 bridgehead atoms. The van der Waals surface area contributed by atoms with Crippen LogP contribution in [0.1, 0.15) is 35.1 Å². The van der Waals surface area contributed by atoms with E-state index in [1.54, 1.807) is 0 Å². The number of hydrogen-bond acceptors (Lipinski definition) is 5. The first kappa shape index (κ1) is 20.2. The summed E-state index contributed by atoms with van der Waals surface area (Å²) in [6, 6.07) is 9.20. The number of carbonyl (C=O) groups is 1. The fourth-order valence-electron chi connectivity index (χ4n) is 2.61. The minimum Gasteiger partial charge on any atom is -0.492 e. The van der Waals surface area contributed by atoms with E-state index in [0.29, 0.717) is 23.9 Å². The van der Waals surface area contributed by atoms with E-state index in [1.165, 1.54) is 11.3 Å². The van der Waals surface area contributed by atoms with E-state index >= 15 is 0 Å². The maximum Gasteiger partial charge on any atom is 0.265 e. The maximum atomic E-state index is 12.6. The van der Waals surface area contributed by atoms with Gasteiger partial charge in [-0.15, -0.1) is 23.7 Å². The quantitative estimate of drug-likeness (QED) is 0.666. The molecule has 8 heteroatoms. The Bertz CT molecular complexity index is 887. The normalized spacial score (nSPS) is 10.8. The van der Waals surface area contributed by atoms with E-state index in [-0.39, 0.29) is 18.3 Å². The number of thiophene rings is 1. The molecule has 3 rings (SSSR count).